The summed E-state index contributed by atoms with van der Waals surface area (Å²) in [6.45, 7) is 6.51. The number of phosphoric ester groups is 1. The van der Waals surface area contributed by atoms with Crippen molar-refractivity contribution in [2.75, 3.05) is 40.9 Å². The van der Waals surface area contributed by atoms with Crippen LogP contribution in [0.15, 0.2) is 109 Å². The Balaban J connectivity index is 5.44. The molecule has 0 aliphatic rings. The molecule has 0 bridgehead atoms. The molecule has 69 heavy (non-hydrogen) atoms. The summed E-state index contributed by atoms with van der Waals surface area (Å²) in [6.07, 6.45) is 64.9. The van der Waals surface area contributed by atoms with Gasteiger partial charge in [0.25, 0.3) is 7.82 Å². The van der Waals surface area contributed by atoms with Crippen molar-refractivity contribution in [3.63, 3.8) is 0 Å². The third-order valence-corrected chi connectivity index (χ3v) is 12.2. The van der Waals surface area contributed by atoms with Gasteiger partial charge >= 0.3 is 5.97 Å². The number of esters is 1. The van der Waals surface area contributed by atoms with Crippen LogP contribution in [0.5, 0.6) is 0 Å². The van der Waals surface area contributed by atoms with Crippen LogP contribution < -0.4 is 10.2 Å². The van der Waals surface area contributed by atoms with E-state index >= 15 is 0 Å². The molecule has 3 atom stereocenters. The highest BCUT2D eigenvalue weighted by atomic mass is 31.2. The lowest BCUT2D eigenvalue weighted by molar-refractivity contribution is -0.870. The van der Waals surface area contributed by atoms with Crippen molar-refractivity contribution >= 4 is 19.7 Å². The molecule has 0 aromatic heterocycles. The van der Waals surface area contributed by atoms with Gasteiger partial charge < -0.3 is 28.5 Å². The fourth-order valence-electron chi connectivity index (χ4n) is 7.08. The summed E-state index contributed by atoms with van der Waals surface area (Å²) in [5.74, 6) is -0.615. The van der Waals surface area contributed by atoms with E-state index < -0.39 is 26.6 Å². The predicted octanol–water partition coefficient (Wildman–Crippen LogP) is 15.6. The quantitative estimate of drug-likeness (QED) is 0.0161. The fourth-order valence-corrected chi connectivity index (χ4v) is 7.80. The van der Waals surface area contributed by atoms with Crippen LogP contribution in [-0.2, 0) is 27.9 Å². The lowest BCUT2D eigenvalue weighted by Gasteiger charge is -2.30. The number of quaternary nitrogens is 1. The molecule has 0 aliphatic carbocycles. The van der Waals surface area contributed by atoms with Crippen molar-refractivity contribution in [1.82, 2.24) is 5.32 Å². The second-order valence-electron chi connectivity index (χ2n) is 19.0. The Bertz CT molecular complexity index is 1550. The van der Waals surface area contributed by atoms with E-state index in [1.165, 1.54) is 44.9 Å². The van der Waals surface area contributed by atoms with Crippen LogP contribution in [0.25, 0.3) is 0 Å². The molecule has 0 saturated heterocycles. The molecule has 0 rings (SSSR count). The molecule has 1 N–H and O–H groups in total. The van der Waals surface area contributed by atoms with Crippen LogP contribution in [0.3, 0.4) is 0 Å². The molecule has 0 aromatic carbocycles. The van der Waals surface area contributed by atoms with Gasteiger partial charge in [0, 0.05) is 12.8 Å². The number of unbranched alkanes of at least 4 members (excludes halogenated alkanes) is 17. The first-order chi connectivity index (χ1) is 33.4. The highest BCUT2D eigenvalue weighted by Crippen LogP contribution is 2.38. The van der Waals surface area contributed by atoms with E-state index in [4.69, 9.17) is 13.8 Å². The monoisotopic (exact) mass is 981 g/mol. The van der Waals surface area contributed by atoms with E-state index in [0.717, 1.165) is 109 Å². The van der Waals surface area contributed by atoms with Crippen LogP contribution in [0.2, 0.25) is 0 Å². The van der Waals surface area contributed by atoms with Crippen molar-refractivity contribution in [2.45, 2.75) is 213 Å². The summed E-state index contributed by atoms with van der Waals surface area (Å²) in [5, 5.41) is 2.99. The number of allylic oxidation sites excluding steroid dienone is 17. The highest BCUT2D eigenvalue weighted by Gasteiger charge is 2.27. The number of nitrogens with one attached hydrogen (secondary N) is 1. The minimum absolute atomic E-state index is 0.0383. The van der Waals surface area contributed by atoms with Gasteiger partial charge in [0.2, 0.25) is 5.91 Å². The minimum atomic E-state index is -4.71. The van der Waals surface area contributed by atoms with E-state index in [-0.39, 0.29) is 31.3 Å². The first-order valence-corrected chi connectivity index (χ1v) is 28.7. The first-order valence-electron chi connectivity index (χ1n) is 27.2. The number of hydrogen-bond donors (Lipinski definition) is 1. The Labute approximate surface area is 423 Å². The number of phosphoric acid groups is 1. The van der Waals surface area contributed by atoms with Gasteiger partial charge in [-0.15, -0.1) is 0 Å². The van der Waals surface area contributed by atoms with E-state index in [1.807, 2.05) is 39.4 Å². The summed E-state index contributed by atoms with van der Waals surface area (Å²) in [4.78, 5) is 39.7. The number of amides is 1. The highest BCUT2D eigenvalue weighted by molar-refractivity contribution is 7.45. The Hall–Kier alpha value is -3.33. The van der Waals surface area contributed by atoms with Crippen LogP contribution in [0.1, 0.15) is 201 Å². The Morgan fingerprint density at radius 2 is 1.00 bits per heavy atom. The van der Waals surface area contributed by atoms with Gasteiger partial charge in [-0.25, -0.2) is 0 Å². The van der Waals surface area contributed by atoms with Gasteiger partial charge in [-0.1, -0.05) is 201 Å². The van der Waals surface area contributed by atoms with Gasteiger partial charge in [0.15, 0.2) is 0 Å². The number of hydrogen-bond acceptors (Lipinski definition) is 7. The zero-order chi connectivity index (χ0) is 50.8. The SMILES string of the molecule is CC/C=C\C/C=C\C/C=C\C/C=C\C/C=C\CCCCCC(=O)OC(/C=C\CCCCCCCCCCC)C(COP(=O)([O-])OCC[N+](C)(C)C)NC(=O)CCCCCCC\C=C/C=C/C=C/CC. The van der Waals surface area contributed by atoms with Crippen molar-refractivity contribution in [3.05, 3.63) is 109 Å². The second kappa shape index (κ2) is 48.3. The van der Waals surface area contributed by atoms with Crippen LogP contribution in [0, 0.1) is 0 Å². The molecule has 0 saturated carbocycles. The summed E-state index contributed by atoms with van der Waals surface area (Å²) < 4.78 is 30.1. The summed E-state index contributed by atoms with van der Waals surface area (Å²) in [7, 11) is 1.13. The first kappa shape index (κ1) is 65.7. The molecule has 3 unspecified atom stereocenters. The summed E-state index contributed by atoms with van der Waals surface area (Å²) >= 11 is 0. The molecule has 0 fully saturated rings. The lowest BCUT2D eigenvalue weighted by atomic mass is 10.1. The molecular weight excluding hydrogens is 880 g/mol. The maximum atomic E-state index is 13.4. The Morgan fingerprint density at radius 3 is 1.57 bits per heavy atom. The van der Waals surface area contributed by atoms with E-state index in [1.54, 1.807) is 6.08 Å². The normalized spacial score (nSPS) is 14.7. The molecule has 0 heterocycles. The third kappa shape index (κ3) is 49.4. The standard InChI is InChI=1S/C59H101N2O7P/c1-7-10-13-16-19-22-25-27-28-29-30-31-32-34-37-40-43-46-49-52-59(63)68-57(50-47-44-41-38-35-24-21-18-15-12-9-3)56(55-67-69(64,65)66-54-53-61(4,5)6)60-58(62)51-48-45-42-39-36-33-26-23-20-17-14-11-8-2/h10-11,13-14,17,19-20,22-23,26-28,30-31,34,37,47,50,56-57H,7-9,12,15-16,18,21,24-25,29,32-33,35-36,38-46,48-49,51-55H2,1-6H3,(H-,60,62,64,65)/b13-10-,14-11+,20-17+,22-19-,26-23-,28-27-,31-30-,37-34-,50-47-. The topological polar surface area (TPSA) is 114 Å². The average Bonchev–Trinajstić information content (AvgIpc) is 3.31. The van der Waals surface area contributed by atoms with E-state index in [9.17, 15) is 19.0 Å². The van der Waals surface area contributed by atoms with Crippen LogP contribution in [0.4, 0.5) is 0 Å². The lowest BCUT2D eigenvalue weighted by Crippen LogP contribution is -2.47. The molecule has 0 aromatic rings. The van der Waals surface area contributed by atoms with Gasteiger partial charge in [-0.3, -0.25) is 14.2 Å². The number of carbonyl (C=O) groups excluding carboxylic acids is 2. The van der Waals surface area contributed by atoms with Gasteiger partial charge in [0.05, 0.1) is 33.8 Å². The molecule has 10 heteroatoms. The molecule has 394 valence electrons. The number of likely N-dealkylation sites (N-methyl/N-ethyl adjacent to an activating group) is 1. The fraction of sp³-hybridized carbons (Fsp3) is 0.661. The maximum absolute atomic E-state index is 13.4. The molecule has 1 amide bonds. The number of carbonyl (C=O) groups is 2. The van der Waals surface area contributed by atoms with Crippen molar-refractivity contribution in [3.8, 4) is 0 Å². The van der Waals surface area contributed by atoms with Gasteiger partial charge in [-0.05, 0) is 96.0 Å². The molecule has 0 spiro atoms. The Kier molecular flexibility index (Phi) is 46.0. The average molecular weight is 981 g/mol. The van der Waals surface area contributed by atoms with Crippen LogP contribution in [-0.4, -0.2) is 69.4 Å². The Morgan fingerprint density at radius 1 is 0.536 bits per heavy atom. The van der Waals surface area contributed by atoms with Crippen molar-refractivity contribution in [2.24, 2.45) is 0 Å². The minimum Gasteiger partial charge on any atom is -0.756 e. The molecule has 9 nitrogen and oxygen atoms in total. The van der Waals surface area contributed by atoms with Crippen LogP contribution >= 0.6 is 7.82 Å². The zero-order valence-electron chi connectivity index (χ0n) is 44.7. The number of rotatable bonds is 47. The van der Waals surface area contributed by atoms with Crippen molar-refractivity contribution < 1.29 is 37.3 Å². The van der Waals surface area contributed by atoms with Gasteiger partial charge in [-0.2, -0.15) is 0 Å². The predicted molar refractivity (Wildman–Crippen MR) is 293 cm³/mol. The van der Waals surface area contributed by atoms with Crippen molar-refractivity contribution in [1.29, 1.82) is 0 Å². The molecule has 0 aliphatic heterocycles. The number of ether oxygens (including phenoxy) is 1. The van der Waals surface area contributed by atoms with E-state index in [2.05, 4.69) is 111 Å². The second-order valence-corrected chi connectivity index (χ2v) is 20.4. The summed E-state index contributed by atoms with van der Waals surface area (Å²) in [5.41, 5.74) is 0. The summed E-state index contributed by atoms with van der Waals surface area (Å²) in [6, 6.07) is -0.918. The molecule has 0 radical (unpaired) electrons. The smallest absolute Gasteiger partial charge is 0.306 e. The maximum Gasteiger partial charge on any atom is 0.306 e. The number of nitrogens with zero attached hydrogens (tertiary/aromatic N) is 1. The third-order valence-electron chi connectivity index (χ3n) is 11.3. The van der Waals surface area contributed by atoms with E-state index in [0.29, 0.717) is 23.9 Å². The van der Waals surface area contributed by atoms with Gasteiger partial charge in [0.1, 0.15) is 19.3 Å². The largest absolute Gasteiger partial charge is 0.756 e. The molecular formula is C59H101N2O7P. The zero-order valence-corrected chi connectivity index (χ0v) is 45.6.